The van der Waals surface area contributed by atoms with Gasteiger partial charge in [-0.25, -0.2) is 24.0 Å². The largest absolute Gasteiger partial charge is 0.506 e. The maximum absolute atomic E-state index is 12.2. The lowest BCUT2D eigenvalue weighted by Crippen LogP contribution is -2.43. The molecule has 190 valence electrons. The van der Waals surface area contributed by atoms with Crippen LogP contribution in [-0.2, 0) is 28.2 Å². The van der Waals surface area contributed by atoms with Gasteiger partial charge in [0.15, 0.2) is 0 Å². The van der Waals surface area contributed by atoms with E-state index in [2.05, 4.69) is 23.7 Å². The number of carbonyl (C=O) groups is 5. The fourth-order valence-electron chi connectivity index (χ4n) is 2.58. The van der Waals surface area contributed by atoms with Gasteiger partial charge >= 0.3 is 38.4 Å². The minimum Gasteiger partial charge on any atom is -0.450 e. The highest BCUT2D eigenvalue weighted by molar-refractivity contribution is 7.53. The monoisotopic (exact) mass is 508 g/mol. The van der Waals surface area contributed by atoms with Crippen LogP contribution in [0.5, 0.6) is 0 Å². The topological polar surface area (TPSA) is 290 Å². The second kappa shape index (κ2) is 13.1. The second-order valence-corrected chi connectivity index (χ2v) is 7.99. The van der Waals surface area contributed by atoms with E-state index in [9.17, 15) is 38.3 Å². The quantitative estimate of drug-likeness (QED) is 0.0995. The fourth-order valence-corrected chi connectivity index (χ4v) is 3.66. The standard InChI is InChI=1S/C14H21O18P/c15-9(16)28-3-1-7(30-11(19)20)5-14(32-13(23)24,33(25,26)27)6-8(31-12(21)22)2-4-29-10(17)18/h7-8H,1-6H2,(H,15,16)(H,17,18)(H,19,20)(H,21,22)(H,23,24)(H2,25,26,27). The summed E-state index contributed by atoms with van der Waals surface area (Å²) in [7, 11) is -5.72. The molecule has 0 aliphatic heterocycles. The minimum absolute atomic E-state index is 0.643. The van der Waals surface area contributed by atoms with Crippen LogP contribution in [0.4, 0.5) is 24.0 Å². The normalized spacial score (nSPS) is 14.6. The SMILES string of the molecule is O=C(O)OCCC(CC(CC(CCOC(=O)O)OC(=O)O)(OC(=O)O)P(=O)(O)O)OC(=O)O. The van der Waals surface area contributed by atoms with Gasteiger partial charge in [-0.3, -0.25) is 4.57 Å². The molecule has 0 aromatic rings. The van der Waals surface area contributed by atoms with Crippen molar-refractivity contribution in [1.82, 2.24) is 0 Å². The first-order valence-corrected chi connectivity index (χ1v) is 10.2. The first kappa shape index (κ1) is 29.5. The molecule has 0 aliphatic rings. The van der Waals surface area contributed by atoms with Crippen LogP contribution in [0.1, 0.15) is 25.7 Å². The highest BCUT2D eigenvalue weighted by Gasteiger charge is 2.54. The molecule has 0 heterocycles. The lowest BCUT2D eigenvalue weighted by Gasteiger charge is -2.36. The van der Waals surface area contributed by atoms with Crippen LogP contribution in [0.3, 0.4) is 0 Å². The van der Waals surface area contributed by atoms with E-state index >= 15 is 0 Å². The molecule has 2 atom stereocenters. The van der Waals surface area contributed by atoms with E-state index in [-0.39, 0.29) is 0 Å². The Bertz CT molecular complexity index is 715. The lowest BCUT2D eigenvalue weighted by atomic mass is 10.0. The van der Waals surface area contributed by atoms with Gasteiger partial charge in [0.25, 0.3) is 0 Å². The molecular weight excluding hydrogens is 487 g/mol. The minimum atomic E-state index is -5.72. The summed E-state index contributed by atoms with van der Waals surface area (Å²) in [5.74, 6) is 0. The molecule has 0 aromatic heterocycles. The molecule has 33 heavy (non-hydrogen) atoms. The predicted molar refractivity (Wildman–Crippen MR) is 96.1 cm³/mol. The summed E-state index contributed by atoms with van der Waals surface area (Å²) in [5, 5.41) is 40.5. The molecule has 0 aliphatic carbocycles. The highest BCUT2D eigenvalue weighted by atomic mass is 31.2. The molecule has 0 radical (unpaired) electrons. The van der Waals surface area contributed by atoms with Gasteiger partial charge in [-0.2, -0.15) is 0 Å². The van der Waals surface area contributed by atoms with Crippen molar-refractivity contribution in [2.75, 3.05) is 13.2 Å². The molecule has 7 N–H and O–H groups in total. The zero-order valence-electron chi connectivity index (χ0n) is 16.5. The van der Waals surface area contributed by atoms with E-state index in [1.807, 2.05) is 0 Å². The molecular formula is C14H21O18P. The van der Waals surface area contributed by atoms with E-state index in [1.54, 1.807) is 0 Å². The van der Waals surface area contributed by atoms with Crippen LogP contribution in [0.15, 0.2) is 0 Å². The van der Waals surface area contributed by atoms with Crippen molar-refractivity contribution in [2.24, 2.45) is 0 Å². The smallest absolute Gasteiger partial charge is 0.450 e. The molecule has 2 unspecified atom stereocenters. The van der Waals surface area contributed by atoms with Gasteiger partial charge in [-0.05, 0) is 0 Å². The Labute approximate surface area is 183 Å². The zero-order valence-corrected chi connectivity index (χ0v) is 17.4. The summed E-state index contributed by atoms with van der Waals surface area (Å²) < 4.78 is 33.8. The molecule has 0 aromatic carbocycles. The van der Waals surface area contributed by atoms with Crippen molar-refractivity contribution in [2.45, 2.75) is 43.2 Å². The molecule has 0 bridgehead atoms. The fraction of sp³-hybridized carbons (Fsp3) is 0.643. The van der Waals surface area contributed by atoms with Crippen molar-refractivity contribution in [1.29, 1.82) is 0 Å². The van der Waals surface area contributed by atoms with E-state index in [0.29, 0.717) is 0 Å². The van der Waals surface area contributed by atoms with Crippen molar-refractivity contribution in [3.05, 3.63) is 0 Å². The van der Waals surface area contributed by atoms with Gasteiger partial charge < -0.3 is 59.0 Å². The molecule has 0 amide bonds. The lowest BCUT2D eigenvalue weighted by molar-refractivity contribution is -0.0566. The van der Waals surface area contributed by atoms with Crippen LogP contribution in [0.25, 0.3) is 0 Å². The average molecular weight is 508 g/mol. The molecule has 0 saturated carbocycles. The summed E-state index contributed by atoms with van der Waals surface area (Å²) in [5.41, 5.74) is 0. The number of ether oxygens (including phenoxy) is 5. The molecule has 18 nitrogen and oxygen atoms in total. The van der Waals surface area contributed by atoms with E-state index in [0.717, 1.165) is 0 Å². The number of rotatable bonds is 14. The Morgan fingerprint density at radius 2 is 1.03 bits per heavy atom. The van der Waals surface area contributed by atoms with Gasteiger partial charge in [-0.1, -0.05) is 0 Å². The molecule has 0 rings (SSSR count). The van der Waals surface area contributed by atoms with Crippen molar-refractivity contribution in [3.8, 4) is 0 Å². The summed E-state index contributed by atoms with van der Waals surface area (Å²) in [6.45, 7) is -1.47. The van der Waals surface area contributed by atoms with Crippen LogP contribution < -0.4 is 0 Å². The first-order chi connectivity index (χ1) is 15.1. The third kappa shape index (κ3) is 12.2. The van der Waals surface area contributed by atoms with Crippen LogP contribution in [0, 0.1) is 0 Å². The Kier molecular flexibility index (Phi) is 11.7. The Hall–Kier alpha value is -3.50. The summed E-state index contributed by atoms with van der Waals surface area (Å²) in [6.07, 6.45) is -17.1. The molecule has 0 saturated heterocycles. The summed E-state index contributed by atoms with van der Waals surface area (Å²) in [6, 6.07) is 0. The van der Waals surface area contributed by atoms with Crippen molar-refractivity contribution < 1.29 is 87.5 Å². The van der Waals surface area contributed by atoms with Gasteiger partial charge in [-0.15, -0.1) is 0 Å². The van der Waals surface area contributed by atoms with E-state index in [4.69, 9.17) is 25.5 Å². The van der Waals surface area contributed by atoms with Crippen LogP contribution in [-0.4, -0.2) is 96.9 Å². The Balaban J connectivity index is 6.09. The van der Waals surface area contributed by atoms with Gasteiger partial charge in [0.1, 0.15) is 12.2 Å². The third-order valence-corrected chi connectivity index (χ3v) is 5.29. The van der Waals surface area contributed by atoms with E-state index in [1.165, 1.54) is 0 Å². The molecule has 19 heteroatoms. The number of carboxylic acid groups (broad SMARTS) is 5. The highest BCUT2D eigenvalue weighted by Crippen LogP contribution is 2.57. The Morgan fingerprint density at radius 1 is 0.667 bits per heavy atom. The van der Waals surface area contributed by atoms with Gasteiger partial charge in [0.05, 0.1) is 13.2 Å². The third-order valence-electron chi connectivity index (χ3n) is 3.77. The molecule has 0 spiro atoms. The van der Waals surface area contributed by atoms with Crippen molar-refractivity contribution in [3.63, 3.8) is 0 Å². The maximum Gasteiger partial charge on any atom is 0.506 e. The summed E-state index contributed by atoms with van der Waals surface area (Å²) in [4.78, 5) is 73.6. The number of hydrogen-bond donors (Lipinski definition) is 7. The average Bonchev–Trinajstić information content (AvgIpc) is 2.58. The summed E-state index contributed by atoms with van der Waals surface area (Å²) >= 11 is 0. The van der Waals surface area contributed by atoms with Gasteiger partial charge in [0, 0.05) is 25.7 Å². The van der Waals surface area contributed by atoms with Gasteiger partial charge in [0.2, 0.25) is 5.34 Å². The first-order valence-electron chi connectivity index (χ1n) is 8.56. The maximum atomic E-state index is 12.2. The van der Waals surface area contributed by atoms with E-state index < -0.39 is 94.8 Å². The number of hydrogen-bond acceptors (Lipinski definition) is 11. The Morgan fingerprint density at radius 3 is 1.27 bits per heavy atom. The van der Waals surface area contributed by atoms with Crippen LogP contribution >= 0.6 is 7.60 Å². The zero-order chi connectivity index (χ0) is 25.8. The predicted octanol–water partition coefficient (Wildman–Crippen LogP) is 1.63. The van der Waals surface area contributed by atoms with Crippen molar-refractivity contribution >= 4 is 38.4 Å². The molecule has 0 fully saturated rings. The second-order valence-electron chi connectivity index (χ2n) is 6.08. The van der Waals surface area contributed by atoms with Crippen LogP contribution in [0.2, 0.25) is 0 Å².